The molecule has 0 saturated carbocycles. The fraction of sp³-hybridized carbons (Fsp3) is 0.455. The number of methoxy groups -OCH3 is 1. The zero-order valence-corrected chi connectivity index (χ0v) is 11.0. The van der Waals surface area contributed by atoms with Gasteiger partial charge in [0.2, 0.25) is 0 Å². The van der Waals surface area contributed by atoms with Gasteiger partial charge in [0.15, 0.2) is 5.01 Å². The van der Waals surface area contributed by atoms with Crippen LogP contribution in [0, 0.1) is 0 Å². The topological polar surface area (TPSA) is 72.8 Å². The molecule has 0 atom stereocenters. The van der Waals surface area contributed by atoms with Gasteiger partial charge in [-0.25, -0.2) is 9.97 Å². The van der Waals surface area contributed by atoms with Crippen LogP contribution < -0.4 is 5.32 Å². The third-order valence-corrected chi connectivity index (χ3v) is 3.31. The van der Waals surface area contributed by atoms with Crippen molar-refractivity contribution in [3.05, 3.63) is 23.7 Å². The van der Waals surface area contributed by atoms with Crippen molar-refractivity contribution in [1.29, 1.82) is 0 Å². The molecule has 0 spiro atoms. The first kappa shape index (κ1) is 13.0. The molecule has 2 heterocycles. The minimum absolute atomic E-state index is 0.725. The number of rotatable bonds is 7. The molecule has 0 aliphatic heterocycles. The summed E-state index contributed by atoms with van der Waals surface area (Å²) in [7, 11) is 1.70. The van der Waals surface area contributed by atoms with Crippen molar-refractivity contribution in [3.63, 3.8) is 0 Å². The van der Waals surface area contributed by atoms with E-state index in [4.69, 9.17) is 4.74 Å². The average Bonchev–Trinajstić information content (AvgIpc) is 2.88. The van der Waals surface area contributed by atoms with Gasteiger partial charge in [-0.3, -0.25) is 0 Å². The Balaban J connectivity index is 1.83. The van der Waals surface area contributed by atoms with E-state index >= 15 is 0 Å². The fourth-order valence-corrected chi connectivity index (χ4v) is 2.19. The molecule has 2 rings (SSSR count). The van der Waals surface area contributed by atoms with Crippen LogP contribution in [-0.2, 0) is 11.2 Å². The largest absolute Gasteiger partial charge is 0.383 e. The molecule has 18 heavy (non-hydrogen) atoms. The summed E-state index contributed by atoms with van der Waals surface area (Å²) in [5.74, 6) is 0. The summed E-state index contributed by atoms with van der Waals surface area (Å²) < 4.78 is 4.95. The molecule has 7 heteroatoms. The molecule has 0 radical (unpaired) electrons. The van der Waals surface area contributed by atoms with Crippen molar-refractivity contribution in [2.45, 2.75) is 6.42 Å². The highest BCUT2D eigenvalue weighted by Gasteiger charge is 2.06. The molecular weight excluding hydrogens is 250 g/mol. The van der Waals surface area contributed by atoms with Gasteiger partial charge in [0.05, 0.1) is 6.61 Å². The van der Waals surface area contributed by atoms with Crippen LogP contribution in [0.3, 0.4) is 0 Å². The number of hydrogen-bond acceptors (Lipinski definition) is 7. The summed E-state index contributed by atoms with van der Waals surface area (Å²) in [5, 5.41) is 13.4. The molecule has 2 aromatic rings. The van der Waals surface area contributed by atoms with Gasteiger partial charge in [-0.1, -0.05) is 11.3 Å². The molecule has 6 nitrogen and oxygen atoms in total. The van der Waals surface area contributed by atoms with Gasteiger partial charge in [-0.15, -0.1) is 10.2 Å². The second-order valence-electron chi connectivity index (χ2n) is 3.62. The van der Waals surface area contributed by atoms with E-state index in [1.165, 1.54) is 6.33 Å². The predicted molar refractivity (Wildman–Crippen MR) is 69.4 cm³/mol. The Hall–Kier alpha value is -1.44. The highest BCUT2D eigenvalue weighted by molar-refractivity contribution is 7.14. The molecule has 0 unspecified atom stereocenters. The van der Waals surface area contributed by atoms with Gasteiger partial charge >= 0.3 is 0 Å². The minimum Gasteiger partial charge on any atom is -0.383 e. The van der Waals surface area contributed by atoms with Gasteiger partial charge in [0, 0.05) is 44.6 Å². The number of nitrogens with one attached hydrogen (secondary N) is 1. The molecule has 0 saturated heterocycles. The van der Waals surface area contributed by atoms with Crippen molar-refractivity contribution >= 4 is 11.3 Å². The molecule has 0 aliphatic carbocycles. The lowest BCUT2D eigenvalue weighted by atomic mass is 10.4. The van der Waals surface area contributed by atoms with Gasteiger partial charge < -0.3 is 10.1 Å². The summed E-state index contributed by atoms with van der Waals surface area (Å²) in [6.45, 7) is 2.46. The van der Waals surface area contributed by atoms with Crippen LogP contribution in [-0.4, -0.2) is 47.0 Å². The van der Waals surface area contributed by atoms with Crippen molar-refractivity contribution in [2.75, 3.05) is 26.8 Å². The maximum absolute atomic E-state index is 4.95. The van der Waals surface area contributed by atoms with E-state index < -0.39 is 0 Å². The van der Waals surface area contributed by atoms with Gasteiger partial charge in [0.25, 0.3) is 0 Å². The van der Waals surface area contributed by atoms with Crippen molar-refractivity contribution in [2.24, 2.45) is 0 Å². The SMILES string of the molecule is COCCNCCc1nnc(-c2cncnc2)s1. The molecule has 2 aromatic heterocycles. The molecule has 0 aromatic carbocycles. The van der Waals surface area contributed by atoms with Crippen molar-refractivity contribution in [3.8, 4) is 10.6 Å². The maximum Gasteiger partial charge on any atom is 0.150 e. The van der Waals surface area contributed by atoms with E-state index in [1.54, 1.807) is 30.8 Å². The van der Waals surface area contributed by atoms with Crippen LogP contribution in [0.5, 0.6) is 0 Å². The quantitative estimate of drug-likeness (QED) is 0.746. The number of ether oxygens (including phenoxy) is 1. The Kier molecular flexibility index (Phi) is 5.13. The Morgan fingerprint density at radius 1 is 1.22 bits per heavy atom. The average molecular weight is 265 g/mol. The van der Waals surface area contributed by atoms with Crippen LogP contribution in [0.1, 0.15) is 5.01 Å². The fourth-order valence-electron chi connectivity index (χ4n) is 1.38. The standard InChI is InChI=1S/C11H15N5OS/c1-17-5-4-12-3-2-10-15-16-11(18-10)9-6-13-8-14-7-9/h6-8,12H,2-5H2,1H3. The van der Waals surface area contributed by atoms with Crippen molar-refractivity contribution < 1.29 is 4.74 Å². The minimum atomic E-state index is 0.725. The Morgan fingerprint density at radius 2 is 2.06 bits per heavy atom. The third-order valence-electron chi connectivity index (χ3n) is 2.27. The van der Waals surface area contributed by atoms with E-state index in [0.717, 1.165) is 41.7 Å². The zero-order chi connectivity index (χ0) is 12.6. The van der Waals surface area contributed by atoms with E-state index in [2.05, 4.69) is 25.5 Å². The molecular formula is C11H15N5OS. The zero-order valence-electron chi connectivity index (χ0n) is 10.2. The monoisotopic (exact) mass is 265 g/mol. The third kappa shape index (κ3) is 3.80. The first-order valence-corrected chi connectivity index (χ1v) is 6.49. The van der Waals surface area contributed by atoms with E-state index in [9.17, 15) is 0 Å². The second kappa shape index (κ2) is 7.10. The summed E-state index contributed by atoms with van der Waals surface area (Å²) >= 11 is 1.58. The van der Waals surface area contributed by atoms with Crippen molar-refractivity contribution in [1.82, 2.24) is 25.5 Å². The van der Waals surface area contributed by atoms with Gasteiger partial charge in [-0.2, -0.15) is 0 Å². The summed E-state index contributed by atoms with van der Waals surface area (Å²) in [6, 6.07) is 0. The van der Waals surface area contributed by atoms with Crippen LogP contribution in [0.2, 0.25) is 0 Å². The molecule has 0 aliphatic rings. The number of hydrogen-bond donors (Lipinski definition) is 1. The Labute approximate surface area is 109 Å². The first-order valence-electron chi connectivity index (χ1n) is 5.67. The van der Waals surface area contributed by atoms with E-state index in [0.29, 0.717) is 0 Å². The maximum atomic E-state index is 4.95. The van der Waals surface area contributed by atoms with Gasteiger partial charge in [0.1, 0.15) is 11.3 Å². The summed E-state index contributed by atoms with van der Waals surface area (Å²) in [5.41, 5.74) is 0.911. The number of aromatic nitrogens is 4. The summed E-state index contributed by atoms with van der Waals surface area (Å²) in [6.07, 6.45) is 5.86. The lowest BCUT2D eigenvalue weighted by Crippen LogP contribution is -2.21. The molecule has 96 valence electrons. The smallest absolute Gasteiger partial charge is 0.150 e. The molecule has 0 bridgehead atoms. The highest BCUT2D eigenvalue weighted by atomic mass is 32.1. The normalized spacial score (nSPS) is 10.7. The lowest BCUT2D eigenvalue weighted by Gasteiger charge is -2.00. The first-order chi connectivity index (χ1) is 8.90. The highest BCUT2D eigenvalue weighted by Crippen LogP contribution is 2.21. The lowest BCUT2D eigenvalue weighted by molar-refractivity contribution is 0.199. The molecule has 1 N–H and O–H groups in total. The van der Waals surface area contributed by atoms with Crippen LogP contribution >= 0.6 is 11.3 Å². The predicted octanol–water partition coefficient (Wildman–Crippen LogP) is 0.774. The number of nitrogens with zero attached hydrogens (tertiary/aromatic N) is 4. The second-order valence-corrected chi connectivity index (χ2v) is 4.68. The summed E-state index contributed by atoms with van der Waals surface area (Å²) in [4.78, 5) is 7.94. The molecule has 0 amide bonds. The van der Waals surface area contributed by atoms with Crippen LogP contribution in [0.25, 0.3) is 10.6 Å². The Morgan fingerprint density at radius 3 is 2.83 bits per heavy atom. The van der Waals surface area contributed by atoms with Gasteiger partial charge in [-0.05, 0) is 0 Å². The van der Waals surface area contributed by atoms with Crippen LogP contribution in [0.4, 0.5) is 0 Å². The Bertz CT molecular complexity index is 461. The van der Waals surface area contributed by atoms with Crippen LogP contribution in [0.15, 0.2) is 18.7 Å². The van der Waals surface area contributed by atoms with E-state index in [-0.39, 0.29) is 0 Å². The van der Waals surface area contributed by atoms with E-state index in [1.807, 2.05) is 0 Å². The molecule has 0 fully saturated rings.